The molecule has 5 heteroatoms. The topological polar surface area (TPSA) is 51.5 Å². The van der Waals surface area contributed by atoms with Crippen molar-refractivity contribution < 1.29 is 18.3 Å². The van der Waals surface area contributed by atoms with Crippen LogP contribution in [0.2, 0.25) is 0 Å². The number of carbonyl (C=O) groups is 1. The lowest BCUT2D eigenvalue weighted by Gasteiger charge is -2.29. The SMILES string of the molecule is COCc1ccc(C(=O)NCC2(c3ccc(F)cc3)CCCC2)o1. The van der Waals surface area contributed by atoms with E-state index in [1.807, 2.05) is 12.1 Å². The van der Waals surface area contributed by atoms with Gasteiger partial charge in [-0.3, -0.25) is 4.79 Å². The third kappa shape index (κ3) is 3.51. The van der Waals surface area contributed by atoms with E-state index in [9.17, 15) is 9.18 Å². The first-order valence-electron chi connectivity index (χ1n) is 8.25. The van der Waals surface area contributed by atoms with Crippen molar-refractivity contribution in [3.63, 3.8) is 0 Å². The predicted octanol–water partition coefficient (Wildman–Crippen LogP) is 3.81. The number of ether oxygens (including phenoxy) is 1. The minimum atomic E-state index is -0.239. The van der Waals surface area contributed by atoms with Gasteiger partial charge in [-0.15, -0.1) is 0 Å². The number of carbonyl (C=O) groups excluding carboxylic acids is 1. The highest BCUT2D eigenvalue weighted by molar-refractivity contribution is 5.91. The van der Waals surface area contributed by atoms with Crippen LogP contribution >= 0.6 is 0 Å². The average Bonchev–Trinajstić information content (AvgIpc) is 3.24. The standard InChI is InChI=1S/C19H22FNO3/c1-23-12-16-8-9-17(24-16)18(22)21-13-19(10-2-3-11-19)14-4-6-15(20)7-5-14/h4-9H,2-3,10-13H2,1H3,(H,21,22). The van der Waals surface area contributed by atoms with E-state index in [4.69, 9.17) is 9.15 Å². The summed E-state index contributed by atoms with van der Waals surface area (Å²) in [4.78, 5) is 12.3. The van der Waals surface area contributed by atoms with Gasteiger partial charge < -0.3 is 14.5 Å². The molecule has 1 heterocycles. The summed E-state index contributed by atoms with van der Waals surface area (Å²) in [5.41, 5.74) is 0.965. The van der Waals surface area contributed by atoms with Crippen molar-refractivity contribution in [2.24, 2.45) is 0 Å². The number of hydrogen-bond acceptors (Lipinski definition) is 3. The number of hydrogen-bond donors (Lipinski definition) is 1. The largest absolute Gasteiger partial charge is 0.453 e. The molecule has 1 aromatic carbocycles. The van der Waals surface area contributed by atoms with Crippen molar-refractivity contribution in [1.29, 1.82) is 0 Å². The highest BCUT2D eigenvalue weighted by Gasteiger charge is 2.36. The summed E-state index contributed by atoms with van der Waals surface area (Å²) in [7, 11) is 1.58. The Morgan fingerprint density at radius 1 is 1.21 bits per heavy atom. The smallest absolute Gasteiger partial charge is 0.287 e. The predicted molar refractivity (Wildman–Crippen MR) is 88.3 cm³/mol. The molecular weight excluding hydrogens is 309 g/mol. The maximum atomic E-state index is 13.2. The van der Waals surface area contributed by atoms with E-state index in [1.54, 1.807) is 19.2 Å². The lowest BCUT2D eigenvalue weighted by molar-refractivity contribution is 0.0906. The highest BCUT2D eigenvalue weighted by atomic mass is 19.1. The van der Waals surface area contributed by atoms with Crippen LogP contribution in [0.1, 0.15) is 47.6 Å². The summed E-state index contributed by atoms with van der Waals surface area (Å²) in [6.07, 6.45) is 4.22. The van der Waals surface area contributed by atoms with Crippen molar-refractivity contribution >= 4 is 5.91 Å². The molecule has 0 atom stereocenters. The average molecular weight is 331 g/mol. The molecule has 2 aromatic rings. The molecule has 0 unspecified atom stereocenters. The number of benzene rings is 1. The van der Waals surface area contributed by atoms with Crippen LogP contribution in [0.3, 0.4) is 0 Å². The second-order valence-corrected chi connectivity index (χ2v) is 6.38. The van der Waals surface area contributed by atoms with Crippen molar-refractivity contribution in [2.75, 3.05) is 13.7 Å². The van der Waals surface area contributed by atoms with Crippen LogP contribution in [-0.4, -0.2) is 19.6 Å². The minimum Gasteiger partial charge on any atom is -0.453 e. The molecule has 0 bridgehead atoms. The fourth-order valence-corrected chi connectivity index (χ4v) is 3.48. The summed E-state index contributed by atoms with van der Waals surface area (Å²) in [6, 6.07) is 10.0. The van der Waals surface area contributed by atoms with E-state index in [2.05, 4.69) is 5.32 Å². The molecule has 24 heavy (non-hydrogen) atoms. The van der Waals surface area contributed by atoms with Crippen molar-refractivity contribution in [3.8, 4) is 0 Å². The third-order valence-electron chi connectivity index (χ3n) is 4.78. The molecule has 4 nitrogen and oxygen atoms in total. The van der Waals surface area contributed by atoms with Gasteiger partial charge in [0.15, 0.2) is 5.76 Å². The van der Waals surface area contributed by atoms with Gasteiger partial charge in [-0.1, -0.05) is 25.0 Å². The van der Waals surface area contributed by atoms with Crippen LogP contribution in [0, 0.1) is 5.82 Å². The molecule has 0 spiro atoms. The second-order valence-electron chi connectivity index (χ2n) is 6.38. The number of rotatable bonds is 6. The molecule has 1 fully saturated rings. The highest BCUT2D eigenvalue weighted by Crippen LogP contribution is 2.40. The summed E-state index contributed by atoms with van der Waals surface area (Å²) in [5.74, 6) is 0.439. The van der Waals surface area contributed by atoms with Gasteiger partial charge in [0.1, 0.15) is 18.2 Å². The zero-order chi connectivity index (χ0) is 17.0. The number of amides is 1. The van der Waals surface area contributed by atoms with Crippen LogP contribution < -0.4 is 5.32 Å². The molecule has 0 radical (unpaired) electrons. The molecule has 1 aromatic heterocycles. The lowest BCUT2D eigenvalue weighted by atomic mass is 9.79. The number of furan rings is 1. The maximum absolute atomic E-state index is 13.2. The quantitative estimate of drug-likeness (QED) is 0.876. The molecule has 1 N–H and O–H groups in total. The molecular formula is C19H22FNO3. The van der Waals surface area contributed by atoms with Crippen LogP contribution in [-0.2, 0) is 16.8 Å². The van der Waals surface area contributed by atoms with Gasteiger partial charge >= 0.3 is 0 Å². The molecule has 3 rings (SSSR count). The van der Waals surface area contributed by atoms with Crippen LogP contribution in [0.15, 0.2) is 40.8 Å². The van der Waals surface area contributed by atoms with Crippen molar-refractivity contribution in [3.05, 3.63) is 59.3 Å². The fraction of sp³-hybridized carbons (Fsp3) is 0.421. The first-order valence-corrected chi connectivity index (χ1v) is 8.25. The summed E-state index contributed by atoms with van der Waals surface area (Å²) in [5, 5.41) is 2.98. The van der Waals surface area contributed by atoms with Crippen molar-refractivity contribution in [1.82, 2.24) is 5.32 Å². The molecule has 1 aliphatic rings. The van der Waals surface area contributed by atoms with Gasteiger partial charge in [0.25, 0.3) is 5.91 Å². The molecule has 1 saturated carbocycles. The fourth-order valence-electron chi connectivity index (χ4n) is 3.48. The van der Waals surface area contributed by atoms with E-state index >= 15 is 0 Å². The first-order chi connectivity index (χ1) is 11.6. The Labute approximate surface area is 141 Å². The summed E-state index contributed by atoms with van der Waals surface area (Å²) in [6.45, 7) is 0.866. The van der Waals surface area contributed by atoms with Gasteiger partial charge in [0, 0.05) is 19.1 Å². The number of nitrogens with one attached hydrogen (secondary N) is 1. The number of halogens is 1. The van der Waals surface area contributed by atoms with E-state index < -0.39 is 0 Å². The Bertz CT molecular complexity index is 687. The van der Waals surface area contributed by atoms with E-state index in [0.29, 0.717) is 18.9 Å². The Morgan fingerprint density at radius 3 is 2.58 bits per heavy atom. The molecule has 128 valence electrons. The first kappa shape index (κ1) is 16.7. The Hall–Kier alpha value is -2.14. The van der Waals surface area contributed by atoms with Crippen molar-refractivity contribution in [2.45, 2.75) is 37.7 Å². The van der Waals surface area contributed by atoms with Gasteiger partial charge in [-0.25, -0.2) is 4.39 Å². The minimum absolute atomic E-state index is 0.120. The number of methoxy groups -OCH3 is 1. The Morgan fingerprint density at radius 2 is 1.92 bits per heavy atom. The summed E-state index contributed by atoms with van der Waals surface area (Å²) < 4.78 is 23.7. The van der Waals surface area contributed by atoms with E-state index in [0.717, 1.165) is 31.2 Å². The molecule has 1 amide bonds. The van der Waals surface area contributed by atoms with Crippen LogP contribution in [0.4, 0.5) is 4.39 Å². The zero-order valence-electron chi connectivity index (χ0n) is 13.8. The normalized spacial score (nSPS) is 16.2. The second kappa shape index (κ2) is 7.18. The van der Waals surface area contributed by atoms with E-state index in [1.165, 1.54) is 12.1 Å². The van der Waals surface area contributed by atoms with Gasteiger partial charge in [-0.05, 0) is 42.7 Å². The monoisotopic (exact) mass is 331 g/mol. The van der Waals surface area contributed by atoms with Gasteiger partial charge in [0.2, 0.25) is 0 Å². The maximum Gasteiger partial charge on any atom is 0.287 e. The van der Waals surface area contributed by atoms with Crippen LogP contribution in [0.5, 0.6) is 0 Å². The molecule has 0 saturated heterocycles. The zero-order valence-corrected chi connectivity index (χ0v) is 13.8. The van der Waals surface area contributed by atoms with E-state index in [-0.39, 0.29) is 22.9 Å². The Kier molecular flexibility index (Phi) is 5.00. The third-order valence-corrected chi connectivity index (χ3v) is 4.78. The van der Waals surface area contributed by atoms with Gasteiger partial charge in [0.05, 0.1) is 0 Å². The molecule has 0 aliphatic heterocycles. The molecule has 1 aliphatic carbocycles. The summed E-state index contributed by atoms with van der Waals surface area (Å²) >= 11 is 0. The van der Waals surface area contributed by atoms with Crippen LogP contribution in [0.25, 0.3) is 0 Å². The lowest BCUT2D eigenvalue weighted by Crippen LogP contribution is -2.38. The Balaban J connectivity index is 1.69. The van der Waals surface area contributed by atoms with Gasteiger partial charge in [-0.2, -0.15) is 0 Å².